The van der Waals surface area contributed by atoms with E-state index in [1.807, 2.05) is 32.0 Å². The number of hydrogen-bond acceptors (Lipinski definition) is 26. The van der Waals surface area contributed by atoms with Crippen LogP contribution in [-0.4, -0.2) is 324 Å². The first-order valence-corrected chi connectivity index (χ1v) is 46.3. The van der Waals surface area contributed by atoms with E-state index < -0.39 is 143 Å². The number of thioether (sulfide) groups is 1. The zero-order chi connectivity index (χ0) is 95.0. The molecule has 0 spiro atoms. The molecular weight excluding hydrogens is 1680 g/mol. The van der Waals surface area contributed by atoms with Crippen LogP contribution < -0.4 is 42.5 Å². The van der Waals surface area contributed by atoms with E-state index in [9.17, 15) is 62.6 Å². The molecule has 1 aliphatic rings. The molecule has 3 rings (SSSR count). The maximum Gasteiger partial charge on any atom is 0.410 e. The normalized spacial score (nSPS) is 15.8. The molecule has 728 valence electrons. The Morgan fingerprint density at radius 3 is 1.62 bits per heavy atom. The molecule has 1 fully saturated rings. The molecular formula is C91H153N11O25S. The van der Waals surface area contributed by atoms with E-state index >= 15 is 0 Å². The molecule has 0 aromatic heterocycles. The van der Waals surface area contributed by atoms with Crippen LogP contribution in [0.1, 0.15) is 177 Å². The van der Waals surface area contributed by atoms with Gasteiger partial charge in [0.2, 0.25) is 59.1 Å². The molecule has 36 nitrogen and oxygen atoms in total. The summed E-state index contributed by atoms with van der Waals surface area (Å²) in [5, 5.41) is 33.1. The van der Waals surface area contributed by atoms with Crippen LogP contribution in [0.5, 0.6) is 0 Å². The van der Waals surface area contributed by atoms with Crippen LogP contribution in [-0.2, 0) is 116 Å². The average molecular weight is 1830 g/mol. The highest BCUT2D eigenvalue weighted by atomic mass is 32.2. The summed E-state index contributed by atoms with van der Waals surface area (Å²) in [6, 6.07) is 8.20. The molecule has 0 aliphatic carbocycles. The van der Waals surface area contributed by atoms with E-state index in [4.69, 9.17) is 56.8 Å². The van der Waals surface area contributed by atoms with Crippen LogP contribution in [0, 0.1) is 29.6 Å². The fourth-order valence-corrected chi connectivity index (χ4v) is 15.1. The van der Waals surface area contributed by atoms with Gasteiger partial charge in [0.25, 0.3) is 0 Å². The van der Waals surface area contributed by atoms with Crippen molar-refractivity contribution in [1.29, 1.82) is 0 Å². The standard InChI is InChI=1S/C91H153N11O25S/c1-19-63(8)81(72(117-15)57-76(105)102-41-28-32-71(102)83(119-17)64(9)84(108)94-65(10)82(107)68-29-22-20-23-30-68)100(12)90(114)79(61(4)5)99-89(113)80(62(6)7)101(13)91(115)127-59-67-34-36-69(37-35-67)96-85(109)66(11)95-88(112)78(60(2)3)98-86(110)70(97-75(104)33-24-21-26-40-93-87(111)73(128-18)58-77(106)118-16)31-25-27-39-92-74(103)38-42-120-45-46-122-49-50-124-53-54-126-56-55-125-52-51-123-48-47-121-44-43-116-14/h20,22-23,29-30,34-37,60-66,70-73,78-83,107H,19,21,24-28,31-33,38-59H2,1-18H3,(H,92,103)(H,93,111)(H,94,108)(H,95,112)(H,96,109)(H,97,104)(H,98,110)(H,99,113)/t63-,64+,65+,66?,70-,71-,72+,73?,78?,79-,80-,81-,82+,83+/m0/s1. The Labute approximate surface area is 762 Å². The molecule has 2 aromatic carbocycles. The van der Waals surface area contributed by atoms with Crippen molar-refractivity contribution >= 4 is 88.6 Å². The number of esters is 1. The number of likely N-dealkylation sites (tertiary alicyclic amines) is 1. The average Bonchev–Trinajstić information content (AvgIpc) is 1.34. The topological polar surface area (TPSA) is 442 Å². The molecule has 3 unspecified atom stereocenters. The number of nitrogens with one attached hydrogen (secondary N) is 8. The molecule has 2 aromatic rings. The lowest BCUT2D eigenvalue weighted by atomic mass is 9.89. The Balaban J connectivity index is 1.56. The van der Waals surface area contributed by atoms with Crippen LogP contribution in [0.3, 0.4) is 0 Å². The molecule has 14 atom stereocenters. The van der Waals surface area contributed by atoms with Crippen LogP contribution in [0.4, 0.5) is 10.5 Å². The van der Waals surface area contributed by atoms with Gasteiger partial charge in [0.05, 0.1) is 167 Å². The van der Waals surface area contributed by atoms with Gasteiger partial charge in [-0.15, -0.1) is 0 Å². The zero-order valence-corrected chi connectivity index (χ0v) is 80.0. The summed E-state index contributed by atoms with van der Waals surface area (Å²) < 4.78 is 65.9. The summed E-state index contributed by atoms with van der Waals surface area (Å²) in [5.74, 6) is -7.24. The fraction of sp³-hybridized carbons (Fsp3) is 0.736. The van der Waals surface area contributed by atoms with Gasteiger partial charge in [0.1, 0.15) is 36.8 Å². The number of unbranched alkanes of at least 4 members (excludes halogenated alkanes) is 3. The van der Waals surface area contributed by atoms with Crippen molar-refractivity contribution < 1.29 is 119 Å². The molecule has 128 heavy (non-hydrogen) atoms. The number of aliphatic hydroxyl groups excluding tert-OH is 1. The van der Waals surface area contributed by atoms with Crippen LogP contribution in [0.25, 0.3) is 0 Å². The molecule has 37 heteroatoms. The first-order chi connectivity index (χ1) is 61.2. The smallest absolute Gasteiger partial charge is 0.410 e. The summed E-state index contributed by atoms with van der Waals surface area (Å²) in [4.78, 5) is 169. The van der Waals surface area contributed by atoms with E-state index in [1.54, 1.807) is 122 Å². The minimum Gasteiger partial charge on any atom is -0.469 e. The number of aliphatic hydroxyl groups is 1. The third-order valence-corrected chi connectivity index (χ3v) is 23.2. The fourth-order valence-electron chi connectivity index (χ4n) is 14.5. The van der Waals surface area contributed by atoms with E-state index in [1.165, 1.54) is 52.0 Å². The Bertz CT molecular complexity index is 3560. The predicted molar refractivity (Wildman–Crippen MR) is 484 cm³/mol. The number of amides is 11. The molecule has 0 saturated carbocycles. The Morgan fingerprint density at radius 1 is 0.539 bits per heavy atom. The van der Waals surface area contributed by atoms with Crippen molar-refractivity contribution in [1.82, 2.24) is 51.9 Å². The molecule has 11 amide bonds. The summed E-state index contributed by atoms with van der Waals surface area (Å²) in [7, 11) is 8.95. The van der Waals surface area contributed by atoms with Crippen molar-refractivity contribution in [3.63, 3.8) is 0 Å². The number of hydrogen-bond donors (Lipinski definition) is 9. The maximum atomic E-state index is 14.9. The number of benzene rings is 2. The van der Waals surface area contributed by atoms with Crippen molar-refractivity contribution in [3.05, 3.63) is 65.7 Å². The first-order valence-electron chi connectivity index (χ1n) is 45.0. The van der Waals surface area contributed by atoms with E-state index in [0.717, 1.165) is 0 Å². The Kier molecular flexibility index (Phi) is 58.2. The lowest BCUT2D eigenvalue weighted by Gasteiger charge is -2.41. The molecule has 9 N–H and O–H groups in total. The molecule has 1 saturated heterocycles. The highest BCUT2D eigenvalue weighted by Gasteiger charge is 2.44. The minimum atomic E-state index is -1.15. The van der Waals surface area contributed by atoms with Crippen molar-refractivity contribution in [3.8, 4) is 0 Å². The van der Waals surface area contributed by atoms with E-state index in [2.05, 4.69) is 42.5 Å². The Morgan fingerprint density at radius 2 is 1.09 bits per heavy atom. The highest BCUT2D eigenvalue weighted by molar-refractivity contribution is 7.99. The third kappa shape index (κ3) is 43.2. The second-order valence-electron chi connectivity index (χ2n) is 33.1. The van der Waals surface area contributed by atoms with Gasteiger partial charge in [0, 0.05) is 73.6 Å². The number of nitrogens with zero attached hydrogens (tertiary/aromatic N) is 3. The van der Waals surface area contributed by atoms with Gasteiger partial charge in [-0.2, -0.15) is 11.8 Å². The van der Waals surface area contributed by atoms with E-state index in [-0.39, 0.29) is 88.0 Å². The van der Waals surface area contributed by atoms with Gasteiger partial charge in [-0.1, -0.05) is 118 Å². The second-order valence-corrected chi connectivity index (χ2v) is 34.1. The lowest BCUT2D eigenvalue weighted by Crippen LogP contribution is -2.60. The van der Waals surface area contributed by atoms with Gasteiger partial charge < -0.3 is 114 Å². The molecule has 1 heterocycles. The third-order valence-electron chi connectivity index (χ3n) is 22.2. The number of carbonyl (C=O) groups is 12. The van der Waals surface area contributed by atoms with Crippen molar-refractivity contribution in [2.45, 2.75) is 238 Å². The SMILES string of the molecule is CC[C@H](C)[C@@H]([C@@H](CC(=O)N1CCC[C@H]1[C@H](OC)[C@@H](C)C(=O)N[C@H](C)[C@@H](O)c1ccccc1)OC)N(C)C(=O)[C@@H](NC(=O)[C@H](C(C)C)N(C)C(=O)OCc1ccc(NC(=O)C(C)NC(=O)C(NC(=O)[C@H](CCCCNC(=O)CCOCCOCCOCCOCCOCCOCCOCCOC)NC(=O)CCCCCNC(=O)C(CC(=O)OC)SC)C(C)C)cc1)C(C)C. The first kappa shape index (κ1) is 114. The van der Waals surface area contributed by atoms with Crippen LogP contribution in [0.2, 0.25) is 0 Å². The molecule has 1 aliphatic heterocycles. The largest absolute Gasteiger partial charge is 0.469 e. The number of anilines is 1. The van der Waals surface area contributed by atoms with Crippen molar-refractivity contribution in [2.75, 3.05) is 173 Å². The zero-order valence-electron chi connectivity index (χ0n) is 79.1. The monoisotopic (exact) mass is 1830 g/mol. The number of carbonyl (C=O) groups excluding carboxylic acids is 12. The maximum absolute atomic E-state index is 14.9. The number of rotatable bonds is 69. The van der Waals surface area contributed by atoms with Gasteiger partial charge >= 0.3 is 12.1 Å². The minimum absolute atomic E-state index is 0.0513. The number of ether oxygens (including phenoxy) is 12. The van der Waals surface area contributed by atoms with Gasteiger partial charge in [-0.05, 0) is 112 Å². The van der Waals surface area contributed by atoms with Gasteiger partial charge in [0.15, 0.2) is 0 Å². The second kappa shape index (κ2) is 65.4. The van der Waals surface area contributed by atoms with Crippen LogP contribution in [0.15, 0.2) is 54.6 Å². The molecule has 0 bridgehead atoms. The molecule has 0 radical (unpaired) electrons. The summed E-state index contributed by atoms with van der Waals surface area (Å²) >= 11 is 1.23. The van der Waals surface area contributed by atoms with Crippen LogP contribution >= 0.6 is 11.8 Å². The Hall–Kier alpha value is -8.21. The lowest BCUT2D eigenvalue weighted by molar-refractivity contribution is -0.148. The number of likely N-dealkylation sites (N-methyl/N-ethyl adjacent to an activating group) is 2. The van der Waals surface area contributed by atoms with E-state index in [0.29, 0.717) is 167 Å². The summed E-state index contributed by atoms with van der Waals surface area (Å²) in [6.45, 7) is 26.4. The van der Waals surface area contributed by atoms with Gasteiger partial charge in [-0.3, -0.25) is 57.6 Å². The summed E-state index contributed by atoms with van der Waals surface area (Å²) in [5.41, 5.74) is 1.52. The van der Waals surface area contributed by atoms with Crippen molar-refractivity contribution in [2.24, 2.45) is 29.6 Å². The summed E-state index contributed by atoms with van der Waals surface area (Å²) in [6.07, 6.45) is 2.83. The van der Waals surface area contributed by atoms with Gasteiger partial charge in [-0.25, -0.2) is 4.79 Å². The quantitative estimate of drug-likeness (QED) is 0.0268. The predicted octanol–water partition coefficient (Wildman–Crippen LogP) is 6.06. The highest BCUT2D eigenvalue weighted by Crippen LogP contribution is 2.31. The number of methoxy groups -OCH3 is 4.